The molecular formula is C14H13NO4. The second-order valence-electron chi connectivity index (χ2n) is 4.72. The molecule has 0 spiro atoms. The lowest BCUT2D eigenvalue weighted by Gasteiger charge is -2.13. The van der Waals surface area contributed by atoms with E-state index in [2.05, 4.69) is 0 Å². The van der Waals surface area contributed by atoms with Crippen LogP contribution in [0.1, 0.15) is 17.0 Å². The summed E-state index contributed by atoms with van der Waals surface area (Å²) >= 11 is 0. The van der Waals surface area contributed by atoms with E-state index in [1.165, 1.54) is 4.90 Å². The summed E-state index contributed by atoms with van der Waals surface area (Å²) in [6, 6.07) is 9.10. The molecule has 3 rings (SSSR count). The second kappa shape index (κ2) is 4.42. The summed E-state index contributed by atoms with van der Waals surface area (Å²) in [5.74, 6) is -1.28. The van der Waals surface area contributed by atoms with Gasteiger partial charge in [0.15, 0.2) is 5.76 Å². The van der Waals surface area contributed by atoms with Crippen LogP contribution in [0.4, 0.5) is 0 Å². The predicted molar refractivity (Wildman–Crippen MR) is 67.9 cm³/mol. The zero-order valence-electron chi connectivity index (χ0n) is 10.2. The number of hydrogen-bond donors (Lipinski definition) is 1. The molecule has 1 aliphatic heterocycles. The van der Waals surface area contributed by atoms with Crippen LogP contribution in [0, 0.1) is 5.92 Å². The van der Waals surface area contributed by atoms with Crippen LogP contribution in [-0.2, 0) is 4.79 Å². The van der Waals surface area contributed by atoms with E-state index < -0.39 is 11.9 Å². The minimum Gasteiger partial charge on any atom is -0.481 e. The standard InChI is InChI=1S/C14H13NO4/c16-13(15-6-5-10(8-15)14(17)18)12-7-9-3-1-2-4-11(9)19-12/h1-4,7,10H,5-6,8H2,(H,17,18)/t10-/m1/s1. The van der Waals surface area contributed by atoms with E-state index in [1.54, 1.807) is 12.1 Å². The molecule has 1 N–H and O–H groups in total. The van der Waals surface area contributed by atoms with Gasteiger partial charge in [-0.25, -0.2) is 0 Å². The first-order valence-electron chi connectivity index (χ1n) is 6.16. The maximum atomic E-state index is 12.2. The number of carboxylic acids is 1. The molecule has 1 amide bonds. The Morgan fingerprint density at radius 3 is 2.79 bits per heavy atom. The fourth-order valence-corrected chi connectivity index (χ4v) is 2.39. The lowest BCUT2D eigenvalue weighted by Crippen LogP contribution is -2.29. The summed E-state index contributed by atoms with van der Waals surface area (Å²) in [4.78, 5) is 24.6. The van der Waals surface area contributed by atoms with Crippen molar-refractivity contribution < 1.29 is 19.1 Å². The lowest BCUT2D eigenvalue weighted by atomic mass is 10.1. The first-order valence-corrected chi connectivity index (χ1v) is 6.16. The van der Waals surface area contributed by atoms with Gasteiger partial charge in [0.1, 0.15) is 5.58 Å². The second-order valence-corrected chi connectivity index (χ2v) is 4.72. The monoisotopic (exact) mass is 259 g/mol. The van der Waals surface area contributed by atoms with Crippen molar-refractivity contribution >= 4 is 22.8 Å². The Hall–Kier alpha value is -2.30. The highest BCUT2D eigenvalue weighted by atomic mass is 16.4. The van der Waals surface area contributed by atoms with Crippen LogP contribution in [0.25, 0.3) is 11.0 Å². The first-order chi connectivity index (χ1) is 9.15. The molecule has 2 heterocycles. The minimum absolute atomic E-state index is 0.236. The Morgan fingerprint density at radius 2 is 2.11 bits per heavy atom. The number of para-hydroxylation sites is 1. The van der Waals surface area contributed by atoms with Gasteiger partial charge in [-0.1, -0.05) is 18.2 Å². The molecule has 19 heavy (non-hydrogen) atoms. The predicted octanol–water partition coefficient (Wildman–Crippen LogP) is 1.98. The third kappa shape index (κ3) is 2.07. The highest BCUT2D eigenvalue weighted by molar-refractivity contribution is 5.96. The van der Waals surface area contributed by atoms with Crippen molar-refractivity contribution in [1.82, 2.24) is 4.90 Å². The van der Waals surface area contributed by atoms with Crippen molar-refractivity contribution in [3.8, 4) is 0 Å². The fraction of sp³-hybridized carbons (Fsp3) is 0.286. The van der Waals surface area contributed by atoms with Gasteiger partial charge >= 0.3 is 5.97 Å². The maximum absolute atomic E-state index is 12.2. The minimum atomic E-state index is -0.847. The Balaban J connectivity index is 1.82. The summed E-state index contributed by atoms with van der Waals surface area (Å²) in [7, 11) is 0. The van der Waals surface area contributed by atoms with Crippen LogP contribution in [0.2, 0.25) is 0 Å². The van der Waals surface area contributed by atoms with Crippen molar-refractivity contribution in [2.24, 2.45) is 5.92 Å². The van der Waals surface area contributed by atoms with Gasteiger partial charge in [-0.15, -0.1) is 0 Å². The van der Waals surface area contributed by atoms with Gasteiger partial charge in [0.25, 0.3) is 5.91 Å². The Morgan fingerprint density at radius 1 is 1.32 bits per heavy atom. The normalized spacial score (nSPS) is 18.9. The van der Waals surface area contributed by atoms with Crippen LogP contribution >= 0.6 is 0 Å². The van der Waals surface area contributed by atoms with E-state index in [0.29, 0.717) is 18.5 Å². The lowest BCUT2D eigenvalue weighted by molar-refractivity contribution is -0.141. The van der Waals surface area contributed by atoms with E-state index in [0.717, 1.165) is 5.39 Å². The number of nitrogens with zero attached hydrogens (tertiary/aromatic N) is 1. The number of furan rings is 1. The number of aliphatic carboxylic acids is 1. The molecule has 0 radical (unpaired) electrons. The van der Waals surface area contributed by atoms with Crippen LogP contribution in [0.3, 0.4) is 0 Å². The molecule has 0 unspecified atom stereocenters. The van der Waals surface area contributed by atoms with Gasteiger partial charge in [0.05, 0.1) is 5.92 Å². The number of rotatable bonds is 2. The van der Waals surface area contributed by atoms with Crippen molar-refractivity contribution in [2.45, 2.75) is 6.42 Å². The molecule has 5 nitrogen and oxygen atoms in total. The maximum Gasteiger partial charge on any atom is 0.308 e. The molecule has 1 fully saturated rings. The SMILES string of the molecule is O=C(O)[C@@H]1CCN(C(=O)c2cc3ccccc3o2)C1. The van der Waals surface area contributed by atoms with Crippen molar-refractivity contribution in [1.29, 1.82) is 0 Å². The van der Waals surface area contributed by atoms with E-state index in [4.69, 9.17) is 9.52 Å². The number of carbonyl (C=O) groups is 2. The molecule has 1 aliphatic rings. The van der Waals surface area contributed by atoms with E-state index in [1.807, 2.05) is 18.2 Å². The smallest absolute Gasteiger partial charge is 0.308 e. The first kappa shape index (κ1) is 11.8. The number of amides is 1. The largest absolute Gasteiger partial charge is 0.481 e. The van der Waals surface area contributed by atoms with Crippen LogP contribution in [0.5, 0.6) is 0 Å². The van der Waals surface area contributed by atoms with Crippen molar-refractivity contribution in [2.75, 3.05) is 13.1 Å². The molecular weight excluding hydrogens is 246 g/mol. The van der Waals surface area contributed by atoms with Gasteiger partial charge in [0, 0.05) is 18.5 Å². The zero-order valence-corrected chi connectivity index (χ0v) is 10.2. The summed E-state index contributed by atoms with van der Waals surface area (Å²) in [5, 5.41) is 9.81. The van der Waals surface area contributed by atoms with Gasteiger partial charge in [-0.2, -0.15) is 0 Å². The number of benzene rings is 1. The summed E-state index contributed by atoms with van der Waals surface area (Å²) in [5.41, 5.74) is 0.667. The molecule has 1 saturated heterocycles. The summed E-state index contributed by atoms with van der Waals surface area (Å²) in [6.07, 6.45) is 0.501. The van der Waals surface area contributed by atoms with Crippen LogP contribution in [-0.4, -0.2) is 35.0 Å². The van der Waals surface area contributed by atoms with E-state index in [-0.39, 0.29) is 18.2 Å². The molecule has 0 bridgehead atoms. The molecule has 0 aliphatic carbocycles. The Bertz CT molecular complexity index is 613. The molecule has 2 aromatic rings. The topological polar surface area (TPSA) is 70.8 Å². The van der Waals surface area contributed by atoms with Gasteiger partial charge in [-0.05, 0) is 18.6 Å². The molecule has 98 valence electrons. The highest BCUT2D eigenvalue weighted by Crippen LogP contribution is 2.23. The van der Waals surface area contributed by atoms with Crippen LogP contribution < -0.4 is 0 Å². The average molecular weight is 259 g/mol. The third-order valence-electron chi connectivity index (χ3n) is 3.46. The molecule has 0 saturated carbocycles. The van der Waals surface area contributed by atoms with Crippen molar-refractivity contribution in [3.05, 3.63) is 36.1 Å². The van der Waals surface area contributed by atoms with Crippen LogP contribution in [0.15, 0.2) is 34.7 Å². The number of fused-ring (bicyclic) bond motifs is 1. The molecule has 1 atom stereocenters. The average Bonchev–Trinajstić information content (AvgIpc) is 3.04. The van der Waals surface area contributed by atoms with Gasteiger partial charge < -0.3 is 14.4 Å². The highest BCUT2D eigenvalue weighted by Gasteiger charge is 2.32. The molecule has 5 heteroatoms. The molecule has 1 aromatic heterocycles. The summed E-state index contributed by atoms with van der Waals surface area (Å²) < 4.78 is 5.50. The van der Waals surface area contributed by atoms with Crippen molar-refractivity contribution in [3.63, 3.8) is 0 Å². The van der Waals surface area contributed by atoms with E-state index >= 15 is 0 Å². The number of likely N-dealkylation sites (tertiary alicyclic amines) is 1. The summed E-state index contributed by atoms with van der Waals surface area (Å²) in [6.45, 7) is 0.720. The fourth-order valence-electron chi connectivity index (χ4n) is 2.39. The Kier molecular flexibility index (Phi) is 2.74. The molecule has 1 aromatic carbocycles. The van der Waals surface area contributed by atoms with Gasteiger partial charge in [-0.3, -0.25) is 9.59 Å². The number of carbonyl (C=O) groups excluding carboxylic acids is 1. The number of hydrogen-bond acceptors (Lipinski definition) is 3. The van der Waals surface area contributed by atoms with E-state index in [9.17, 15) is 9.59 Å². The quantitative estimate of drug-likeness (QED) is 0.895. The zero-order chi connectivity index (χ0) is 13.4. The third-order valence-corrected chi connectivity index (χ3v) is 3.46. The number of carboxylic acid groups (broad SMARTS) is 1. The Labute approximate surface area is 109 Å². The van der Waals surface area contributed by atoms with Gasteiger partial charge in [0.2, 0.25) is 0 Å².